The van der Waals surface area contributed by atoms with Crippen LogP contribution >= 0.6 is 0 Å². The lowest BCUT2D eigenvalue weighted by molar-refractivity contribution is -0.132. The molecule has 0 radical (unpaired) electrons. The van der Waals surface area contributed by atoms with Crippen molar-refractivity contribution in [3.8, 4) is 0 Å². The average molecular weight is 893 g/mol. The number of carbonyl (C=O) groups excluding carboxylic acids is 1. The van der Waals surface area contributed by atoms with Crippen LogP contribution in [0.25, 0.3) is 0 Å². The van der Waals surface area contributed by atoms with Crippen LogP contribution < -0.4 is 5.32 Å². The summed E-state index contributed by atoms with van der Waals surface area (Å²) in [4.78, 5) is 12.6. The van der Waals surface area contributed by atoms with Crippen LogP contribution in [0, 0.1) is 0 Å². The highest BCUT2D eigenvalue weighted by atomic mass is 16.3. The van der Waals surface area contributed by atoms with E-state index in [-0.39, 0.29) is 0 Å². The second-order valence-electron chi connectivity index (χ2n) is 20.0. The molecule has 0 aromatic heterocycles. The van der Waals surface area contributed by atoms with Gasteiger partial charge in [0.1, 0.15) is 12.2 Å². The summed E-state index contributed by atoms with van der Waals surface area (Å²) in [5.41, 5.74) is 0. The maximum atomic E-state index is 12.6. The molecule has 4 unspecified atom stereocenters. The number of unbranched alkanes of at least 4 members (excludes halogenated alkanes) is 42. The summed E-state index contributed by atoms with van der Waals surface area (Å²) in [6.07, 6.45) is 61.5. The van der Waals surface area contributed by atoms with Gasteiger partial charge in [0.05, 0.1) is 18.8 Å². The van der Waals surface area contributed by atoms with Crippen molar-refractivity contribution in [3.63, 3.8) is 0 Å². The van der Waals surface area contributed by atoms with Crippen molar-refractivity contribution in [3.05, 3.63) is 12.2 Å². The Bertz CT molecular complexity index is 913. The van der Waals surface area contributed by atoms with E-state index in [1.807, 2.05) is 0 Å². The molecule has 0 aliphatic heterocycles. The highest BCUT2D eigenvalue weighted by Crippen LogP contribution is 2.18. The van der Waals surface area contributed by atoms with Crippen LogP contribution in [0.5, 0.6) is 0 Å². The number of hydrogen-bond donors (Lipinski definition) is 5. The van der Waals surface area contributed by atoms with Gasteiger partial charge in [0.15, 0.2) is 0 Å². The zero-order chi connectivity index (χ0) is 45.9. The highest BCUT2D eigenvalue weighted by molar-refractivity contribution is 5.80. The van der Waals surface area contributed by atoms with Crippen LogP contribution in [-0.2, 0) is 4.79 Å². The summed E-state index contributed by atoms with van der Waals surface area (Å²) in [7, 11) is 0. The number of aliphatic hydroxyl groups excluding tert-OH is 4. The zero-order valence-electron chi connectivity index (χ0n) is 42.6. The molecule has 0 rings (SSSR count). The van der Waals surface area contributed by atoms with Crippen LogP contribution in [0.2, 0.25) is 0 Å². The van der Waals surface area contributed by atoms with Crippen molar-refractivity contribution >= 4 is 5.91 Å². The highest BCUT2D eigenvalue weighted by Gasteiger charge is 2.28. The molecule has 6 heteroatoms. The Morgan fingerprint density at radius 1 is 0.381 bits per heavy atom. The largest absolute Gasteiger partial charge is 0.394 e. The van der Waals surface area contributed by atoms with Crippen LogP contribution in [-0.4, -0.2) is 57.3 Å². The van der Waals surface area contributed by atoms with E-state index in [1.54, 1.807) is 0 Å². The first-order valence-corrected chi connectivity index (χ1v) is 28.6. The standard InChI is InChI=1S/C57H113NO5/c1-3-5-7-9-11-13-15-17-19-21-22-23-24-25-26-27-28-29-30-31-32-33-34-35-37-38-40-42-44-46-48-50-54(60)56(62)53(52-59)58-57(63)55(61)51-49-47-45-43-41-39-36-20-18-16-14-12-10-8-6-4-2/h42,44,53-56,59-62H,3-41,43,45-52H2,1-2H3,(H,58,63)/b44-42+. The predicted octanol–water partition coefficient (Wildman–Crippen LogP) is 16.5. The van der Waals surface area contributed by atoms with Crippen LogP contribution in [0.15, 0.2) is 12.2 Å². The van der Waals surface area contributed by atoms with Crippen LogP contribution in [0.4, 0.5) is 0 Å². The first-order chi connectivity index (χ1) is 31.0. The van der Waals surface area contributed by atoms with E-state index in [2.05, 4.69) is 31.3 Å². The Hall–Kier alpha value is -0.950. The molecule has 376 valence electrons. The Morgan fingerprint density at radius 2 is 0.651 bits per heavy atom. The molecule has 6 nitrogen and oxygen atoms in total. The SMILES string of the molecule is CCCCCCCCCCCCCCCCCCCCCCCCCCCC/C=C/CCCC(O)C(O)C(CO)NC(=O)C(O)CCCCCCCCCCCCCCCCCC. The summed E-state index contributed by atoms with van der Waals surface area (Å²) in [5, 5.41) is 43.9. The van der Waals surface area contributed by atoms with Gasteiger partial charge < -0.3 is 25.7 Å². The molecule has 0 aromatic rings. The minimum absolute atomic E-state index is 0.368. The molecule has 0 saturated carbocycles. The molecule has 0 saturated heterocycles. The molecule has 4 atom stereocenters. The number of hydrogen-bond acceptors (Lipinski definition) is 5. The van der Waals surface area contributed by atoms with Crippen molar-refractivity contribution in [2.75, 3.05) is 6.61 Å². The molecule has 0 fully saturated rings. The molecular formula is C57H113NO5. The van der Waals surface area contributed by atoms with E-state index in [9.17, 15) is 25.2 Å². The van der Waals surface area contributed by atoms with Gasteiger partial charge in [-0.3, -0.25) is 4.79 Å². The maximum Gasteiger partial charge on any atom is 0.249 e. The topological polar surface area (TPSA) is 110 Å². The Balaban J connectivity index is 3.58. The minimum Gasteiger partial charge on any atom is -0.394 e. The van der Waals surface area contributed by atoms with Crippen molar-refractivity contribution in [2.45, 2.75) is 340 Å². The van der Waals surface area contributed by atoms with Gasteiger partial charge in [-0.05, 0) is 38.5 Å². The number of nitrogens with one attached hydrogen (secondary N) is 1. The Labute approximate surface area is 393 Å². The summed E-state index contributed by atoms with van der Waals surface area (Å²) < 4.78 is 0. The number of carbonyl (C=O) groups is 1. The lowest BCUT2D eigenvalue weighted by Gasteiger charge is -2.27. The molecule has 0 spiro atoms. The average Bonchev–Trinajstić information content (AvgIpc) is 3.29. The fraction of sp³-hybridized carbons (Fsp3) is 0.947. The van der Waals surface area contributed by atoms with Gasteiger partial charge >= 0.3 is 0 Å². The molecule has 0 bridgehead atoms. The fourth-order valence-corrected chi connectivity index (χ4v) is 9.23. The number of aliphatic hydroxyl groups is 4. The van der Waals surface area contributed by atoms with Crippen molar-refractivity contribution in [1.29, 1.82) is 0 Å². The monoisotopic (exact) mass is 892 g/mol. The molecule has 0 aliphatic rings. The molecule has 1 amide bonds. The van der Waals surface area contributed by atoms with Gasteiger partial charge in [-0.15, -0.1) is 0 Å². The maximum absolute atomic E-state index is 12.6. The lowest BCUT2D eigenvalue weighted by atomic mass is 10.00. The van der Waals surface area contributed by atoms with Gasteiger partial charge in [0.2, 0.25) is 5.91 Å². The van der Waals surface area contributed by atoms with Crippen LogP contribution in [0.3, 0.4) is 0 Å². The minimum atomic E-state index is -1.28. The Morgan fingerprint density at radius 3 is 0.952 bits per heavy atom. The number of rotatable bonds is 53. The summed E-state index contributed by atoms with van der Waals surface area (Å²) in [6.45, 7) is 4.08. The van der Waals surface area contributed by atoms with Gasteiger partial charge in [0.25, 0.3) is 0 Å². The summed E-state index contributed by atoms with van der Waals surface area (Å²) in [5.74, 6) is -0.588. The van der Waals surface area contributed by atoms with Crippen molar-refractivity contribution < 1.29 is 25.2 Å². The number of allylic oxidation sites excluding steroid dienone is 2. The summed E-state index contributed by atoms with van der Waals surface area (Å²) >= 11 is 0. The van der Waals surface area contributed by atoms with Crippen molar-refractivity contribution in [2.24, 2.45) is 0 Å². The first kappa shape index (κ1) is 62.1. The lowest BCUT2D eigenvalue weighted by Crippen LogP contribution is -2.53. The second-order valence-corrected chi connectivity index (χ2v) is 20.0. The van der Waals surface area contributed by atoms with E-state index in [4.69, 9.17) is 0 Å². The van der Waals surface area contributed by atoms with E-state index in [0.29, 0.717) is 12.8 Å². The third-order valence-corrected chi connectivity index (χ3v) is 13.7. The first-order valence-electron chi connectivity index (χ1n) is 28.6. The molecule has 0 heterocycles. The third kappa shape index (κ3) is 46.0. The third-order valence-electron chi connectivity index (χ3n) is 13.7. The summed E-state index contributed by atoms with van der Waals surface area (Å²) in [6, 6.07) is -0.998. The fourth-order valence-electron chi connectivity index (χ4n) is 9.23. The van der Waals surface area contributed by atoms with E-state index < -0.39 is 36.9 Å². The normalized spacial score (nSPS) is 13.8. The van der Waals surface area contributed by atoms with Gasteiger partial charge in [-0.2, -0.15) is 0 Å². The smallest absolute Gasteiger partial charge is 0.249 e. The van der Waals surface area contributed by atoms with E-state index >= 15 is 0 Å². The quantitative estimate of drug-likeness (QED) is 0.0309. The number of amides is 1. The Kier molecular flexibility index (Phi) is 51.2. The molecule has 0 aliphatic carbocycles. The van der Waals surface area contributed by atoms with Gasteiger partial charge in [-0.25, -0.2) is 0 Å². The molecule has 0 aromatic carbocycles. The molecule has 5 N–H and O–H groups in total. The molecular weight excluding hydrogens is 779 g/mol. The van der Waals surface area contributed by atoms with E-state index in [0.717, 1.165) is 38.5 Å². The van der Waals surface area contributed by atoms with E-state index in [1.165, 1.54) is 250 Å². The van der Waals surface area contributed by atoms with Crippen molar-refractivity contribution in [1.82, 2.24) is 5.32 Å². The predicted molar refractivity (Wildman–Crippen MR) is 275 cm³/mol. The van der Waals surface area contributed by atoms with Gasteiger partial charge in [0, 0.05) is 0 Å². The van der Waals surface area contributed by atoms with Gasteiger partial charge in [-0.1, -0.05) is 289 Å². The molecule has 63 heavy (non-hydrogen) atoms. The van der Waals surface area contributed by atoms with Crippen LogP contribution in [0.1, 0.15) is 316 Å². The second kappa shape index (κ2) is 52.0. The zero-order valence-corrected chi connectivity index (χ0v) is 42.6.